The Balaban J connectivity index is 1.53. The van der Waals surface area contributed by atoms with Gasteiger partial charge in [-0.15, -0.1) is 10.2 Å². The first-order chi connectivity index (χ1) is 14.9. The highest BCUT2D eigenvalue weighted by Gasteiger charge is 2.27. The molecule has 2 N–H and O–H groups in total. The highest BCUT2D eigenvalue weighted by atomic mass is 19.2. The van der Waals surface area contributed by atoms with Crippen LogP contribution < -0.4 is 5.73 Å². The van der Waals surface area contributed by atoms with Crippen molar-refractivity contribution in [1.29, 1.82) is 0 Å². The summed E-state index contributed by atoms with van der Waals surface area (Å²) in [5.74, 6) is -2.07. The maximum Gasteiger partial charge on any atom is 0.224 e. The van der Waals surface area contributed by atoms with Crippen molar-refractivity contribution < 1.29 is 18.0 Å². The lowest BCUT2D eigenvalue weighted by Gasteiger charge is -2.22. The number of hydrogen-bond donors (Lipinski definition) is 1. The van der Waals surface area contributed by atoms with Crippen LogP contribution >= 0.6 is 0 Å². The minimum atomic E-state index is -1.26. The first kappa shape index (κ1) is 21.0. The van der Waals surface area contributed by atoms with Crippen molar-refractivity contribution >= 4 is 5.91 Å². The molecule has 2 heterocycles. The van der Waals surface area contributed by atoms with Crippen LogP contribution in [0.3, 0.4) is 0 Å². The van der Waals surface area contributed by atoms with E-state index in [1.807, 2.05) is 35.8 Å². The highest BCUT2D eigenvalue weighted by molar-refractivity contribution is 5.77. The predicted octanol–water partition coefficient (Wildman–Crippen LogP) is 3.05. The summed E-state index contributed by atoms with van der Waals surface area (Å²) in [6, 6.07) is 8.25. The molecule has 3 aromatic rings. The van der Waals surface area contributed by atoms with E-state index in [9.17, 15) is 18.0 Å². The average Bonchev–Trinajstić information content (AvgIpc) is 3.06. The fourth-order valence-electron chi connectivity index (χ4n) is 3.86. The summed E-state index contributed by atoms with van der Waals surface area (Å²) in [6.07, 6.45) is 0.532. The lowest BCUT2D eigenvalue weighted by molar-refractivity contribution is -0.132. The zero-order valence-corrected chi connectivity index (χ0v) is 17.0. The summed E-state index contributed by atoms with van der Waals surface area (Å²) >= 11 is 0. The topological polar surface area (TPSA) is 77.0 Å². The number of aromatic nitrogens is 3. The van der Waals surface area contributed by atoms with Crippen molar-refractivity contribution in [3.05, 3.63) is 76.6 Å². The number of halogens is 3. The SMILES string of the molecule is CCc1nnc2n1-c1ccccc1CN(C(=O)C[C@H](N)Cc1cc(F)c(F)cc1F)C2. The minimum Gasteiger partial charge on any atom is -0.331 e. The maximum atomic E-state index is 13.9. The van der Waals surface area contributed by atoms with Crippen molar-refractivity contribution in [2.75, 3.05) is 0 Å². The van der Waals surface area contributed by atoms with Gasteiger partial charge in [-0.05, 0) is 29.7 Å². The molecule has 9 heteroatoms. The van der Waals surface area contributed by atoms with Crippen LogP contribution in [0.4, 0.5) is 13.2 Å². The van der Waals surface area contributed by atoms with Gasteiger partial charge in [-0.2, -0.15) is 0 Å². The molecule has 1 aliphatic rings. The number of aryl methyl sites for hydroxylation is 1. The van der Waals surface area contributed by atoms with Crippen LogP contribution in [0.5, 0.6) is 0 Å². The van der Waals surface area contributed by atoms with Crippen molar-refractivity contribution in [1.82, 2.24) is 19.7 Å². The highest BCUT2D eigenvalue weighted by Crippen LogP contribution is 2.26. The number of nitrogens with zero attached hydrogens (tertiary/aromatic N) is 4. The van der Waals surface area contributed by atoms with Crippen LogP contribution in [0, 0.1) is 17.5 Å². The Kier molecular flexibility index (Phi) is 5.77. The Labute approximate surface area is 177 Å². The first-order valence-corrected chi connectivity index (χ1v) is 10.1. The summed E-state index contributed by atoms with van der Waals surface area (Å²) in [7, 11) is 0. The molecule has 1 aliphatic heterocycles. The fraction of sp³-hybridized carbons (Fsp3) is 0.318. The van der Waals surface area contributed by atoms with Crippen LogP contribution in [-0.4, -0.2) is 31.6 Å². The quantitative estimate of drug-likeness (QED) is 0.633. The molecule has 0 bridgehead atoms. The lowest BCUT2D eigenvalue weighted by atomic mass is 10.0. The summed E-state index contributed by atoms with van der Waals surface area (Å²) in [6.45, 7) is 2.62. The van der Waals surface area contributed by atoms with Crippen LogP contribution in [0.25, 0.3) is 5.69 Å². The van der Waals surface area contributed by atoms with Gasteiger partial charge in [0.05, 0.1) is 12.2 Å². The van der Waals surface area contributed by atoms with Gasteiger partial charge in [-0.25, -0.2) is 13.2 Å². The van der Waals surface area contributed by atoms with Crippen molar-refractivity contribution in [3.63, 3.8) is 0 Å². The molecule has 2 aromatic carbocycles. The standard InChI is InChI=1S/C22H22F3N5O/c1-2-20-27-28-21-12-29(11-13-5-3-4-6-19(13)30(20)21)22(31)9-15(26)7-14-8-17(24)18(25)10-16(14)23/h3-6,8,10,15H,2,7,9,11-12,26H2,1H3/t15-/m1/s1. The smallest absolute Gasteiger partial charge is 0.224 e. The molecular formula is C22H22F3N5O. The molecule has 0 unspecified atom stereocenters. The molecule has 1 atom stereocenters. The minimum absolute atomic E-state index is 0.0623. The molecule has 1 amide bonds. The molecule has 1 aromatic heterocycles. The van der Waals surface area contributed by atoms with Gasteiger partial charge in [0, 0.05) is 31.5 Å². The third-order valence-corrected chi connectivity index (χ3v) is 5.40. The number of benzene rings is 2. The van der Waals surface area contributed by atoms with Crippen LogP contribution in [0.15, 0.2) is 36.4 Å². The number of fused-ring (bicyclic) bond motifs is 3. The van der Waals surface area contributed by atoms with E-state index in [4.69, 9.17) is 5.73 Å². The lowest BCUT2D eigenvalue weighted by Crippen LogP contribution is -2.36. The Hall–Kier alpha value is -3.20. The van der Waals surface area contributed by atoms with E-state index in [2.05, 4.69) is 10.2 Å². The fourth-order valence-corrected chi connectivity index (χ4v) is 3.86. The second-order valence-electron chi connectivity index (χ2n) is 7.63. The van der Waals surface area contributed by atoms with Crippen LogP contribution in [-0.2, 0) is 30.7 Å². The number of hydrogen-bond acceptors (Lipinski definition) is 4. The summed E-state index contributed by atoms with van der Waals surface area (Å²) in [5, 5.41) is 8.49. The summed E-state index contributed by atoms with van der Waals surface area (Å²) in [5.41, 5.74) is 7.88. The number of carbonyl (C=O) groups is 1. The van der Waals surface area contributed by atoms with Crippen LogP contribution in [0.2, 0.25) is 0 Å². The molecule has 6 nitrogen and oxygen atoms in total. The average molecular weight is 429 g/mol. The molecule has 0 radical (unpaired) electrons. The van der Waals surface area contributed by atoms with Gasteiger partial charge in [0.2, 0.25) is 5.91 Å². The monoisotopic (exact) mass is 429 g/mol. The second kappa shape index (κ2) is 8.50. The first-order valence-electron chi connectivity index (χ1n) is 10.1. The third-order valence-electron chi connectivity index (χ3n) is 5.40. The zero-order chi connectivity index (χ0) is 22.1. The van der Waals surface area contributed by atoms with Gasteiger partial charge in [0.25, 0.3) is 0 Å². The van der Waals surface area contributed by atoms with Crippen molar-refractivity contribution in [3.8, 4) is 5.69 Å². The summed E-state index contributed by atoms with van der Waals surface area (Å²) < 4.78 is 42.5. The van der Waals surface area contributed by atoms with Crippen LogP contribution in [0.1, 0.15) is 36.1 Å². The van der Waals surface area contributed by atoms with Gasteiger partial charge in [-0.3, -0.25) is 9.36 Å². The second-order valence-corrected chi connectivity index (χ2v) is 7.63. The largest absolute Gasteiger partial charge is 0.331 e. The molecular weight excluding hydrogens is 407 g/mol. The van der Waals surface area contributed by atoms with E-state index < -0.39 is 23.5 Å². The molecule has 0 saturated carbocycles. The van der Waals surface area contributed by atoms with Crippen molar-refractivity contribution in [2.45, 2.75) is 45.3 Å². The van der Waals surface area contributed by atoms with E-state index in [-0.39, 0.29) is 30.9 Å². The molecule has 0 saturated heterocycles. The Morgan fingerprint density at radius 1 is 1.10 bits per heavy atom. The van der Waals surface area contributed by atoms with Gasteiger partial charge in [-0.1, -0.05) is 25.1 Å². The molecule has 31 heavy (non-hydrogen) atoms. The van der Waals surface area contributed by atoms with E-state index in [0.717, 1.165) is 23.1 Å². The molecule has 0 fully saturated rings. The van der Waals surface area contributed by atoms with Gasteiger partial charge < -0.3 is 10.6 Å². The normalized spacial score (nSPS) is 14.0. The van der Waals surface area contributed by atoms with E-state index >= 15 is 0 Å². The van der Waals surface area contributed by atoms with E-state index in [1.165, 1.54) is 0 Å². The number of nitrogens with two attached hydrogens (primary N) is 1. The Morgan fingerprint density at radius 3 is 2.61 bits per heavy atom. The van der Waals surface area contributed by atoms with Gasteiger partial charge >= 0.3 is 0 Å². The maximum absolute atomic E-state index is 13.9. The Morgan fingerprint density at radius 2 is 1.84 bits per heavy atom. The van der Waals surface area contributed by atoms with Crippen molar-refractivity contribution in [2.24, 2.45) is 5.73 Å². The van der Waals surface area contributed by atoms with E-state index in [1.54, 1.807) is 4.90 Å². The number of amides is 1. The number of rotatable bonds is 5. The van der Waals surface area contributed by atoms with Gasteiger partial charge in [0.15, 0.2) is 17.5 Å². The zero-order valence-electron chi connectivity index (χ0n) is 17.0. The molecule has 0 spiro atoms. The molecule has 0 aliphatic carbocycles. The molecule has 162 valence electrons. The van der Waals surface area contributed by atoms with Gasteiger partial charge in [0.1, 0.15) is 11.6 Å². The van der Waals surface area contributed by atoms with E-state index in [0.29, 0.717) is 24.9 Å². The molecule has 4 rings (SSSR count). The Bertz CT molecular complexity index is 1130. The predicted molar refractivity (Wildman–Crippen MR) is 108 cm³/mol. The summed E-state index contributed by atoms with van der Waals surface area (Å²) in [4.78, 5) is 14.6. The number of para-hydroxylation sites is 1. The number of carbonyl (C=O) groups excluding carboxylic acids is 1. The third kappa shape index (κ3) is 4.18.